The van der Waals surface area contributed by atoms with E-state index in [2.05, 4.69) is 10.3 Å². The van der Waals surface area contributed by atoms with Crippen molar-refractivity contribution in [3.8, 4) is 11.5 Å². The molecule has 0 unspecified atom stereocenters. The van der Waals surface area contributed by atoms with Crippen molar-refractivity contribution >= 4 is 50.5 Å². The summed E-state index contributed by atoms with van der Waals surface area (Å²) in [5.74, 6) is 0.495. The Morgan fingerprint density at radius 1 is 1.30 bits per heavy atom. The molecule has 11 heteroatoms. The molecular weight excluding hydrogens is 433 g/mol. The Kier molecular flexibility index (Phi) is 5.59. The molecular formula is C16H13Cl2N3O4S2. The Bertz CT molecular complexity index is 1120. The zero-order valence-electron chi connectivity index (χ0n) is 13.8. The van der Waals surface area contributed by atoms with E-state index in [1.54, 1.807) is 12.1 Å². The number of nitrogens with one attached hydrogen (secondary N) is 1. The van der Waals surface area contributed by atoms with Crippen LogP contribution in [0.25, 0.3) is 11.5 Å². The minimum absolute atomic E-state index is 0.00276. The first kappa shape index (κ1) is 19.8. The number of sulfonamides is 1. The molecule has 0 bridgehead atoms. The number of hydrogen-bond acceptors (Lipinski definition) is 6. The highest BCUT2D eigenvalue weighted by atomic mass is 35.5. The lowest BCUT2D eigenvalue weighted by Gasteiger charge is -2.09. The molecule has 0 aliphatic carbocycles. The molecule has 0 radical (unpaired) electrons. The van der Waals surface area contributed by atoms with Crippen LogP contribution in [0, 0.1) is 6.92 Å². The van der Waals surface area contributed by atoms with Crippen molar-refractivity contribution in [1.29, 1.82) is 0 Å². The number of nitrogens with zero attached hydrogens (tertiary/aromatic N) is 1. The number of primary sulfonamides is 1. The second-order valence-corrected chi connectivity index (χ2v) is 8.91. The Morgan fingerprint density at radius 3 is 2.67 bits per heavy atom. The smallest absolute Gasteiger partial charge is 0.253 e. The van der Waals surface area contributed by atoms with Gasteiger partial charge in [-0.3, -0.25) is 4.79 Å². The van der Waals surface area contributed by atoms with Gasteiger partial charge in [0.25, 0.3) is 5.91 Å². The normalized spacial score (nSPS) is 11.6. The summed E-state index contributed by atoms with van der Waals surface area (Å²) in [4.78, 5) is 16.3. The number of aryl methyl sites for hydroxylation is 1. The van der Waals surface area contributed by atoms with Crippen LogP contribution in [-0.4, -0.2) is 19.3 Å². The van der Waals surface area contributed by atoms with Gasteiger partial charge in [0.2, 0.25) is 10.0 Å². The van der Waals surface area contributed by atoms with Crippen molar-refractivity contribution < 1.29 is 17.6 Å². The highest BCUT2D eigenvalue weighted by molar-refractivity contribution is 7.89. The van der Waals surface area contributed by atoms with E-state index in [4.69, 9.17) is 32.8 Å². The standard InChI is InChI=1S/C16H13Cl2N3O4S2/c1-8-21-13(7-26-8)14-3-2-9(25-14)6-20-16(22)10-4-15(27(19,23)24)12(18)5-11(10)17/h2-5,7H,6H2,1H3,(H,20,22)(H2,19,23,24). The number of thiazole rings is 1. The lowest BCUT2D eigenvalue weighted by atomic mass is 10.2. The second-order valence-electron chi connectivity index (χ2n) is 5.51. The molecule has 1 aromatic carbocycles. The summed E-state index contributed by atoms with van der Waals surface area (Å²) in [6, 6.07) is 5.67. The Hall–Kier alpha value is -1.91. The third-order valence-electron chi connectivity index (χ3n) is 3.53. The van der Waals surface area contributed by atoms with Gasteiger partial charge in [0.05, 0.1) is 27.2 Å². The van der Waals surface area contributed by atoms with E-state index in [9.17, 15) is 13.2 Å². The average Bonchev–Trinajstić information content (AvgIpc) is 3.20. The molecule has 0 aliphatic rings. The van der Waals surface area contributed by atoms with Crippen LogP contribution in [0.3, 0.4) is 0 Å². The molecule has 0 aliphatic heterocycles. The number of aromatic nitrogens is 1. The molecule has 0 fully saturated rings. The molecule has 0 atom stereocenters. The SMILES string of the molecule is Cc1nc(-c2ccc(CNC(=O)c3cc(S(N)(=O)=O)c(Cl)cc3Cl)o2)cs1. The molecule has 0 saturated heterocycles. The van der Waals surface area contributed by atoms with Crippen LogP contribution in [-0.2, 0) is 16.6 Å². The van der Waals surface area contributed by atoms with Crippen LogP contribution in [0.1, 0.15) is 21.1 Å². The van der Waals surface area contributed by atoms with E-state index < -0.39 is 15.9 Å². The fraction of sp³-hybridized carbons (Fsp3) is 0.125. The molecule has 1 amide bonds. The third-order valence-corrected chi connectivity index (χ3v) is 5.99. The predicted octanol–water partition coefficient (Wildman–Crippen LogP) is 3.60. The minimum Gasteiger partial charge on any atom is -0.458 e. The second kappa shape index (κ2) is 7.61. The summed E-state index contributed by atoms with van der Waals surface area (Å²) < 4.78 is 28.8. The first-order chi connectivity index (χ1) is 12.6. The van der Waals surface area contributed by atoms with Gasteiger partial charge in [-0.05, 0) is 31.2 Å². The van der Waals surface area contributed by atoms with E-state index in [-0.39, 0.29) is 27.0 Å². The minimum atomic E-state index is -4.09. The molecule has 7 nitrogen and oxygen atoms in total. The fourth-order valence-corrected chi connectivity index (χ4v) is 4.28. The Morgan fingerprint density at radius 2 is 2.04 bits per heavy atom. The number of carbonyl (C=O) groups is 1. The van der Waals surface area contributed by atoms with E-state index in [1.165, 1.54) is 11.3 Å². The van der Waals surface area contributed by atoms with E-state index in [0.29, 0.717) is 17.2 Å². The lowest BCUT2D eigenvalue weighted by Crippen LogP contribution is -2.23. The van der Waals surface area contributed by atoms with Gasteiger partial charge in [-0.2, -0.15) is 0 Å². The molecule has 142 valence electrons. The summed E-state index contributed by atoms with van der Waals surface area (Å²) in [5, 5.41) is 10.3. The van der Waals surface area contributed by atoms with Gasteiger partial charge in [-0.1, -0.05) is 23.2 Å². The largest absolute Gasteiger partial charge is 0.458 e. The zero-order valence-corrected chi connectivity index (χ0v) is 17.0. The van der Waals surface area contributed by atoms with Crippen LogP contribution in [0.5, 0.6) is 0 Å². The summed E-state index contributed by atoms with van der Waals surface area (Å²) in [5.41, 5.74) is 0.653. The quantitative estimate of drug-likeness (QED) is 0.622. The first-order valence-electron chi connectivity index (χ1n) is 7.46. The number of nitrogens with two attached hydrogens (primary N) is 1. The van der Waals surface area contributed by atoms with Crippen molar-refractivity contribution in [2.75, 3.05) is 0 Å². The van der Waals surface area contributed by atoms with E-state index in [0.717, 1.165) is 17.1 Å². The number of amides is 1. The van der Waals surface area contributed by atoms with Gasteiger partial charge >= 0.3 is 0 Å². The van der Waals surface area contributed by atoms with Gasteiger partial charge in [0.15, 0.2) is 5.76 Å². The van der Waals surface area contributed by atoms with Gasteiger partial charge in [-0.15, -0.1) is 11.3 Å². The molecule has 0 spiro atoms. The number of rotatable bonds is 5. The van der Waals surface area contributed by atoms with Crippen LogP contribution in [0.4, 0.5) is 0 Å². The van der Waals surface area contributed by atoms with Crippen molar-refractivity contribution in [2.45, 2.75) is 18.4 Å². The summed E-state index contributed by atoms with van der Waals surface area (Å²) in [7, 11) is -4.09. The maximum Gasteiger partial charge on any atom is 0.253 e. The number of halogens is 2. The van der Waals surface area contributed by atoms with Crippen molar-refractivity contribution in [2.24, 2.45) is 5.14 Å². The molecule has 2 aromatic heterocycles. The number of benzene rings is 1. The van der Waals surface area contributed by atoms with Crippen LogP contribution in [0.15, 0.2) is 39.0 Å². The predicted molar refractivity (Wildman–Crippen MR) is 104 cm³/mol. The molecule has 2 heterocycles. The van der Waals surface area contributed by atoms with Gasteiger partial charge in [0.1, 0.15) is 16.3 Å². The monoisotopic (exact) mass is 445 g/mol. The Labute approximate surface area is 169 Å². The van der Waals surface area contributed by atoms with Crippen molar-refractivity contribution in [3.05, 3.63) is 56.0 Å². The molecule has 3 N–H and O–H groups in total. The lowest BCUT2D eigenvalue weighted by molar-refractivity contribution is 0.0948. The molecule has 3 aromatic rings. The highest BCUT2D eigenvalue weighted by Crippen LogP contribution is 2.28. The number of furan rings is 1. The van der Waals surface area contributed by atoms with Crippen molar-refractivity contribution in [3.63, 3.8) is 0 Å². The van der Waals surface area contributed by atoms with Gasteiger partial charge < -0.3 is 9.73 Å². The summed E-state index contributed by atoms with van der Waals surface area (Å²) >= 11 is 13.3. The Balaban J connectivity index is 1.76. The van der Waals surface area contributed by atoms with Gasteiger partial charge in [-0.25, -0.2) is 18.5 Å². The van der Waals surface area contributed by atoms with Crippen LogP contribution < -0.4 is 10.5 Å². The molecule has 0 saturated carbocycles. The average molecular weight is 446 g/mol. The number of carbonyl (C=O) groups excluding carboxylic acids is 1. The third kappa shape index (κ3) is 4.50. The van der Waals surface area contributed by atoms with E-state index >= 15 is 0 Å². The first-order valence-corrected chi connectivity index (χ1v) is 10.6. The van der Waals surface area contributed by atoms with E-state index in [1.807, 2.05) is 12.3 Å². The summed E-state index contributed by atoms with van der Waals surface area (Å²) in [6.07, 6.45) is 0. The summed E-state index contributed by atoms with van der Waals surface area (Å²) in [6.45, 7) is 1.97. The van der Waals surface area contributed by atoms with Crippen LogP contribution >= 0.6 is 34.5 Å². The highest BCUT2D eigenvalue weighted by Gasteiger charge is 2.20. The fourth-order valence-electron chi connectivity index (χ4n) is 2.27. The number of hydrogen-bond donors (Lipinski definition) is 2. The van der Waals surface area contributed by atoms with Crippen molar-refractivity contribution in [1.82, 2.24) is 10.3 Å². The molecule has 27 heavy (non-hydrogen) atoms. The van der Waals surface area contributed by atoms with Gasteiger partial charge in [0, 0.05) is 5.38 Å². The van der Waals surface area contributed by atoms with Crippen LogP contribution in [0.2, 0.25) is 10.0 Å². The maximum absolute atomic E-state index is 12.4. The molecule has 3 rings (SSSR count). The topological polar surface area (TPSA) is 115 Å². The maximum atomic E-state index is 12.4. The zero-order chi connectivity index (χ0) is 19.8.